The first-order valence-corrected chi connectivity index (χ1v) is 8.34. The highest BCUT2D eigenvalue weighted by Crippen LogP contribution is 2.21. The van der Waals surface area contributed by atoms with Gasteiger partial charge in [-0.1, -0.05) is 20.8 Å². The van der Waals surface area contributed by atoms with Crippen molar-refractivity contribution in [3.8, 4) is 0 Å². The molecule has 0 spiro atoms. The highest BCUT2D eigenvalue weighted by molar-refractivity contribution is 7.90. The molecule has 6 nitrogen and oxygen atoms in total. The monoisotopic (exact) mass is 284 g/mol. The highest BCUT2D eigenvalue weighted by atomic mass is 32.2. The number of aromatic nitrogens is 4. The molecule has 0 aliphatic rings. The van der Waals surface area contributed by atoms with Crippen LogP contribution in [0.15, 0.2) is 6.07 Å². The molecule has 0 saturated carbocycles. The molecule has 0 aromatic carbocycles. The van der Waals surface area contributed by atoms with Gasteiger partial charge in [-0.05, 0) is 6.42 Å². The van der Waals surface area contributed by atoms with Crippen molar-refractivity contribution in [3.63, 3.8) is 0 Å². The lowest BCUT2D eigenvalue weighted by Crippen LogP contribution is -2.12. The second kappa shape index (κ2) is 4.63. The van der Waals surface area contributed by atoms with E-state index in [1.807, 2.05) is 6.07 Å². The van der Waals surface area contributed by atoms with Crippen molar-refractivity contribution in [2.45, 2.75) is 39.0 Å². The number of aryl methyl sites for hydroxylation is 1. The van der Waals surface area contributed by atoms with Crippen LogP contribution in [0, 0.1) is 0 Å². The lowest BCUT2D eigenvalue weighted by molar-refractivity contribution is 0.559. The normalized spacial score (nSPS) is 13.3. The molecule has 1 N–H and O–H groups in total. The fourth-order valence-electron chi connectivity index (χ4n) is 1.85. The van der Waals surface area contributed by atoms with E-state index < -0.39 is 9.84 Å². The highest BCUT2D eigenvalue weighted by Gasteiger charge is 2.19. The molecule has 0 aliphatic carbocycles. The molecule has 0 bridgehead atoms. The summed E-state index contributed by atoms with van der Waals surface area (Å²) in [6, 6.07) is 1.98. The molecule has 0 fully saturated rings. The number of nitrogens with zero attached hydrogens (tertiary/aromatic N) is 3. The van der Waals surface area contributed by atoms with Gasteiger partial charge in [0.1, 0.15) is 9.84 Å². The average molecular weight is 284 g/mol. The first kappa shape index (κ1) is 14.0. The van der Waals surface area contributed by atoms with Crippen LogP contribution in [0.1, 0.15) is 38.7 Å². The van der Waals surface area contributed by atoms with Crippen LogP contribution >= 0.6 is 0 Å². The number of hydrogen-bond donors (Lipinski definition) is 1. The minimum atomic E-state index is -2.92. The van der Waals surface area contributed by atoms with Gasteiger partial charge in [-0.2, -0.15) is 14.7 Å². The standard InChI is InChI=1S/C12H20N4O2S/c1-12(2,3)9-8-11-14-13-10(16(11)15-9)6-5-7-19(4,17)18/h8,14H,5-7H2,1-4H3. The molecule has 7 heteroatoms. The molecule has 0 amide bonds. The van der Waals surface area contributed by atoms with Crippen molar-refractivity contribution < 1.29 is 8.42 Å². The van der Waals surface area contributed by atoms with Crippen molar-refractivity contribution in [2.24, 2.45) is 0 Å². The molecule has 19 heavy (non-hydrogen) atoms. The summed E-state index contributed by atoms with van der Waals surface area (Å²) < 4.78 is 24.0. The van der Waals surface area contributed by atoms with Crippen molar-refractivity contribution in [2.75, 3.05) is 12.0 Å². The molecule has 0 aliphatic heterocycles. The van der Waals surface area contributed by atoms with Crippen LogP contribution in [0.2, 0.25) is 0 Å². The van der Waals surface area contributed by atoms with Gasteiger partial charge < -0.3 is 0 Å². The lowest BCUT2D eigenvalue weighted by Gasteiger charge is -2.13. The summed E-state index contributed by atoms with van der Waals surface area (Å²) in [5.74, 6) is 0.948. The predicted octanol–water partition coefficient (Wildman–Crippen LogP) is 1.33. The van der Waals surface area contributed by atoms with Gasteiger partial charge in [-0.3, -0.25) is 5.10 Å². The molecule has 0 saturated heterocycles. The number of nitrogens with one attached hydrogen (secondary N) is 1. The smallest absolute Gasteiger partial charge is 0.152 e. The van der Waals surface area contributed by atoms with Gasteiger partial charge in [-0.25, -0.2) is 8.42 Å². The quantitative estimate of drug-likeness (QED) is 0.918. The number of rotatable bonds is 4. The van der Waals surface area contributed by atoms with E-state index in [1.165, 1.54) is 6.26 Å². The molecule has 2 aromatic rings. The maximum absolute atomic E-state index is 11.1. The van der Waals surface area contributed by atoms with Crippen LogP contribution in [0.5, 0.6) is 0 Å². The van der Waals surface area contributed by atoms with Crippen LogP contribution in [-0.4, -0.2) is 40.2 Å². The zero-order chi connectivity index (χ0) is 14.3. The Bertz CT molecular complexity index is 676. The van der Waals surface area contributed by atoms with Gasteiger partial charge in [0.2, 0.25) is 0 Å². The zero-order valence-corrected chi connectivity index (χ0v) is 12.6. The van der Waals surface area contributed by atoms with Crippen LogP contribution in [0.3, 0.4) is 0 Å². The zero-order valence-electron chi connectivity index (χ0n) is 11.8. The Morgan fingerprint density at radius 3 is 2.63 bits per heavy atom. The molecular formula is C12H20N4O2S. The maximum atomic E-state index is 11.1. The van der Waals surface area contributed by atoms with E-state index in [1.54, 1.807) is 4.52 Å². The van der Waals surface area contributed by atoms with Crippen molar-refractivity contribution >= 4 is 15.5 Å². The van der Waals surface area contributed by atoms with E-state index in [2.05, 4.69) is 36.1 Å². The molecule has 106 valence electrons. The topological polar surface area (TPSA) is 80.1 Å². The third-order valence-electron chi connectivity index (χ3n) is 2.94. The summed E-state index contributed by atoms with van der Waals surface area (Å²) in [6.07, 6.45) is 2.40. The molecular weight excluding hydrogens is 264 g/mol. The summed E-state index contributed by atoms with van der Waals surface area (Å²) in [7, 11) is -2.92. The number of sulfone groups is 1. The first-order valence-electron chi connectivity index (χ1n) is 6.28. The van der Waals surface area contributed by atoms with E-state index in [0.717, 1.165) is 17.2 Å². The Balaban J connectivity index is 2.18. The van der Waals surface area contributed by atoms with E-state index in [-0.39, 0.29) is 11.2 Å². The van der Waals surface area contributed by atoms with Gasteiger partial charge in [-0.15, -0.1) is 0 Å². The van der Waals surface area contributed by atoms with Gasteiger partial charge in [0.25, 0.3) is 0 Å². The van der Waals surface area contributed by atoms with Crippen LogP contribution in [-0.2, 0) is 21.7 Å². The number of hydrogen-bond acceptors (Lipinski definition) is 4. The van der Waals surface area contributed by atoms with Gasteiger partial charge in [0, 0.05) is 24.2 Å². The second-order valence-corrected chi connectivity index (χ2v) is 8.21. The number of H-pyrrole nitrogens is 1. The maximum Gasteiger partial charge on any atom is 0.152 e. The SMILES string of the molecule is CC(C)(C)c1cc2[nH]nc(CCCS(C)(=O)=O)n2n1. The van der Waals surface area contributed by atoms with E-state index in [0.29, 0.717) is 12.8 Å². The third kappa shape index (κ3) is 3.34. The Hall–Kier alpha value is -1.37. The summed E-state index contributed by atoms with van der Waals surface area (Å²) in [4.78, 5) is 0. The molecule has 0 unspecified atom stereocenters. The minimum absolute atomic E-state index is 0.0170. The van der Waals surface area contributed by atoms with E-state index >= 15 is 0 Å². The van der Waals surface area contributed by atoms with Gasteiger partial charge >= 0.3 is 0 Å². The van der Waals surface area contributed by atoms with E-state index in [9.17, 15) is 8.42 Å². The van der Waals surface area contributed by atoms with Crippen LogP contribution in [0.4, 0.5) is 0 Å². The van der Waals surface area contributed by atoms with Gasteiger partial charge in [0.05, 0.1) is 11.4 Å². The fraction of sp³-hybridized carbons (Fsp3) is 0.667. The molecule has 2 heterocycles. The van der Waals surface area contributed by atoms with E-state index in [4.69, 9.17) is 0 Å². The lowest BCUT2D eigenvalue weighted by atomic mass is 9.93. The van der Waals surface area contributed by atoms with Crippen molar-refractivity contribution in [1.29, 1.82) is 0 Å². The van der Waals surface area contributed by atoms with Crippen molar-refractivity contribution in [3.05, 3.63) is 17.6 Å². The molecule has 2 rings (SSSR count). The molecule has 0 radical (unpaired) electrons. The van der Waals surface area contributed by atoms with Crippen molar-refractivity contribution in [1.82, 2.24) is 19.8 Å². The summed E-state index contributed by atoms with van der Waals surface area (Å²) in [6.45, 7) is 6.31. The van der Waals surface area contributed by atoms with Crippen LogP contribution in [0.25, 0.3) is 5.65 Å². The van der Waals surface area contributed by atoms with Gasteiger partial charge in [0.15, 0.2) is 11.5 Å². The van der Waals surface area contributed by atoms with Crippen LogP contribution < -0.4 is 0 Å². The predicted molar refractivity (Wildman–Crippen MR) is 74.1 cm³/mol. The number of fused-ring (bicyclic) bond motifs is 1. The minimum Gasteiger partial charge on any atom is -0.259 e. The second-order valence-electron chi connectivity index (χ2n) is 5.95. The molecule has 2 aromatic heterocycles. The molecule has 0 atom stereocenters. The Morgan fingerprint density at radius 1 is 1.37 bits per heavy atom. The Kier molecular flexibility index (Phi) is 3.42. The Morgan fingerprint density at radius 2 is 2.05 bits per heavy atom. The largest absolute Gasteiger partial charge is 0.259 e. The Labute approximate surface area is 113 Å². The number of aromatic amines is 1. The summed E-state index contributed by atoms with van der Waals surface area (Å²) in [5, 5.41) is 11.6. The summed E-state index contributed by atoms with van der Waals surface area (Å²) in [5.41, 5.74) is 1.82. The third-order valence-corrected chi connectivity index (χ3v) is 3.97. The first-order chi connectivity index (χ1) is 8.67. The fourth-order valence-corrected chi connectivity index (χ4v) is 2.52. The average Bonchev–Trinajstić information content (AvgIpc) is 2.76. The summed E-state index contributed by atoms with van der Waals surface area (Å²) >= 11 is 0.